The molecule has 96 valence electrons. The van der Waals surface area contributed by atoms with Gasteiger partial charge in [-0.2, -0.15) is 0 Å². The number of aromatic nitrogens is 1. The number of aryl methyl sites for hydroxylation is 2. The first-order valence-corrected chi connectivity index (χ1v) is 7.13. The average molecular weight is 260 g/mol. The molecule has 0 saturated heterocycles. The number of hydrogen-bond donors (Lipinski definition) is 1. The largest absolute Gasteiger partial charge is 0.330 e. The summed E-state index contributed by atoms with van der Waals surface area (Å²) < 4.78 is 0. The fraction of sp³-hybridized carbons (Fsp3) is 0.400. The van der Waals surface area contributed by atoms with E-state index >= 15 is 0 Å². The summed E-state index contributed by atoms with van der Waals surface area (Å²) in [6, 6.07) is 8.67. The van der Waals surface area contributed by atoms with Crippen molar-refractivity contribution in [2.75, 3.05) is 6.54 Å². The van der Waals surface area contributed by atoms with E-state index < -0.39 is 0 Å². The Morgan fingerprint density at radius 3 is 2.78 bits per heavy atom. The number of nitrogens with two attached hydrogens (primary N) is 1. The molecule has 0 aliphatic rings. The molecule has 0 fully saturated rings. The van der Waals surface area contributed by atoms with Crippen LogP contribution in [-0.2, 0) is 6.42 Å². The lowest BCUT2D eigenvalue weighted by Crippen LogP contribution is -2.08. The van der Waals surface area contributed by atoms with E-state index in [0.717, 1.165) is 17.1 Å². The average Bonchev–Trinajstić information content (AvgIpc) is 2.70. The Morgan fingerprint density at radius 1 is 1.33 bits per heavy atom. The van der Waals surface area contributed by atoms with Crippen molar-refractivity contribution in [3.05, 3.63) is 51.0 Å². The summed E-state index contributed by atoms with van der Waals surface area (Å²) in [5.41, 5.74) is 9.52. The molecular formula is C15H20N2S. The molecule has 1 unspecified atom stereocenters. The van der Waals surface area contributed by atoms with Crippen LogP contribution in [0, 0.1) is 13.8 Å². The summed E-state index contributed by atoms with van der Waals surface area (Å²) in [6.07, 6.45) is 0.975. The lowest BCUT2D eigenvalue weighted by molar-refractivity contribution is 0.763. The molecule has 2 N–H and O–H groups in total. The molecule has 2 rings (SSSR count). The van der Waals surface area contributed by atoms with Crippen LogP contribution in [0.2, 0.25) is 0 Å². The van der Waals surface area contributed by atoms with Crippen LogP contribution in [0.15, 0.2) is 24.3 Å². The molecule has 0 saturated carbocycles. The highest BCUT2D eigenvalue weighted by Crippen LogP contribution is 2.26. The predicted octanol–water partition coefficient (Wildman–Crippen LogP) is 3.41. The van der Waals surface area contributed by atoms with Gasteiger partial charge in [0.25, 0.3) is 0 Å². The van der Waals surface area contributed by atoms with Crippen LogP contribution < -0.4 is 5.73 Å². The molecule has 1 aromatic carbocycles. The first kappa shape index (κ1) is 13.2. The summed E-state index contributed by atoms with van der Waals surface area (Å²) in [4.78, 5) is 6.00. The monoisotopic (exact) mass is 260 g/mol. The smallest absolute Gasteiger partial charge is 0.0971 e. The van der Waals surface area contributed by atoms with Crippen molar-refractivity contribution in [1.29, 1.82) is 0 Å². The zero-order chi connectivity index (χ0) is 13.1. The molecule has 0 radical (unpaired) electrons. The minimum Gasteiger partial charge on any atom is -0.330 e. The van der Waals surface area contributed by atoms with Crippen molar-refractivity contribution < 1.29 is 0 Å². The van der Waals surface area contributed by atoms with Gasteiger partial charge in [-0.15, -0.1) is 11.3 Å². The molecule has 0 aliphatic heterocycles. The van der Waals surface area contributed by atoms with E-state index in [2.05, 4.69) is 50.0 Å². The van der Waals surface area contributed by atoms with Crippen molar-refractivity contribution in [2.24, 2.45) is 5.73 Å². The number of hydrogen-bond acceptors (Lipinski definition) is 3. The molecule has 0 amide bonds. The van der Waals surface area contributed by atoms with Gasteiger partial charge in [0.15, 0.2) is 0 Å². The minimum atomic E-state index is 0.361. The van der Waals surface area contributed by atoms with Gasteiger partial charge in [0.1, 0.15) is 0 Å². The number of rotatable bonds is 4. The molecular weight excluding hydrogens is 240 g/mol. The van der Waals surface area contributed by atoms with Gasteiger partial charge in [-0.3, -0.25) is 0 Å². The third kappa shape index (κ3) is 2.98. The van der Waals surface area contributed by atoms with Crippen LogP contribution in [-0.4, -0.2) is 11.5 Å². The molecule has 3 heteroatoms. The van der Waals surface area contributed by atoms with Crippen LogP contribution in [0.5, 0.6) is 0 Å². The van der Waals surface area contributed by atoms with Gasteiger partial charge >= 0.3 is 0 Å². The van der Waals surface area contributed by atoms with Crippen molar-refractivity contribution in [2.45, 2.75) is 33.1 Å². The third-order valence-corrected chi connectivity index (χ3v) is 4.52. The summed E-state index contributed by atoms with van der Waals surface area (Å²) in [7, 11) is 0. The fourth-order valence-electron chi connectivity index (χ4n) is 1.93. The topological polar surface area (TPSA) is 38.9 Å². The highest BCUT2D eigenvalue weighted by atomic mass is 32.1. The lowest BCUT2D eigenvalue weighted by atomic mass is 10.1. The highest BCUT2D eigenvalue weighted by Gasteiger charge is 2.12. The second-order valence-corrected chi connectivity index (χ2v) is 5.98. The summed E-state index contributed by atoms with van der Waals surface area (Å²) in [5.74, 6) is 0.361. The normalized spacial score (nSPS) is 12.7. The van der Waals surface area contributed by atoms with E-state index in [1.165, 1.54) is 16.0 Å². The Labute approximate surface area is 113 Å². The zero-order valence-electron chi connectivity index (χ0n) is 11.2. The maximum atomic E-state index is 5.70. The van der Waals surface area contributed by atoms with E-state index in [9.17, 15) is 0 Å². The van der Waals surface area contributed by atoms with Crippen LogP contribution in [0.1, 0.15) is 39.5 Å². The van der Waals surface area contributed by atoms with Crippen LogP contribution >= 0.6 is 11.3 Å². The molecule has 1 aromatic heterocycles. The van der Waals surface area contributed by atoms with Gasteiger partial charge in [-0.25, -0.2) is 4.98 Å². The SMILES string of the molecule is Cc1cccc(Cc2sc(C(C)CN)nc2C)c1. The van der Waals surface area contributed by atoms with Gasteiger partial charge in [-0.1, -0.05) is 36.8 Å². The van der Waals surface area contributed by atoms with E-state index in [-0.39, 0.29) is 0 Å². The van der Waals surface area contributed by atoms with Crippen molar-refractivity contribution in [3.63, 3.8) is 0 Å². The Bertz CT molecular complexity index is 531. The van der Waals surface area contributed by atoms with Crippen LogP contribution in [0.3, 0.4) is 0 Å². The van der Waals surface area contributed by atoms with Crippen molar-refractivity contribution in [1.82, 2.24) is 4.98 Å². The second kappa shape index (κ2) is 5.63. The molecule has 0 aliphatic carbocycles. The molecule has 1 heterocycles. The quantitative estimate of drug-likeness (QED) is 0.915. The first-order valence-electron chi connectivity index (χ1n) is 6.32. The van der Waals surface area contributed by atoms with Crippen LogP contribution in [0.25, 0.3) is 0 Å². The second-order valence-electron chi connectivity index (χ2n) is 4.86. The number of benzene rings is 1. The van der Waals surface area contributed by atoms with Gasteiger partial charge in [0.2, 0.25) is 0 Å². The first-order chi connectivity index (χ1) is 8.60. The molecule has 0 spiro atoms. The Morgan fingerprint density at radius 2 is 2.11 bits per heavy atom. The predicted molar refractivity (Wildman–Crippen MR) is 78.3 cm³/mol. The van der Waals surface area contributed by atoms with Gasteiger partial charge < -0.3 is 5.73 Å². The standard InChI is InChI=1S/C15H20N2S/c1-10-5-4-6-13(7-10)8-14-12(3)17-15(18-14)11(2)9-16/h4-7,11H,8-9,16H2,1-3H3. The van der Waals surface area contributed by atoms with Crippen LogP contribution in [0.4, 0.5) is 0 Å². The molecule has 0 bridgehead atoms. The molecule has 18 heavy (non-hydrogen) atoms. The Balaban J connectivity index is 2.21. The summed E-state index contributed by atoms with van der Waals surface area (Å²) in [5, 5.41) is 1.16. The van der Waals surface area contributed by atoms with Crippen molar-refractivity contribution >= 4 is 11.3 Å². The molecule has 1 atom stereocenters. The fourth-order valence-corrected chi connectivity index (χ4v) is 3.10. The number of thiazole rings is 1. The minimum absolute atomic E-state index is 0.361. The van der Waals surface area contributed by atoms with E-state index in [1.54, 1.807) is 11.3 Å². The lowest BCUT2D eigenvalue weighted by Gasteiger charge is -2.02. The van der Waals surface area contributed by atoms with Gasteiger partial charge in [-0.05, 0) is 19.4 Å². The van der Waals surface area contributed by atoms with E-state index in [1.807, 2.05) is 0 Å². The highest BCUT2D eigenvalue weighted by molar-refractivity contribution is 7.11. The third-order valence-electron chi connectivity index (χ3n) is 3.13. The van der Waals surface area contributed by atoms with E-state index in [4.69, 9.17) is 5.73 Å². The maximum absolute atomic E-state index is 5.70. The Kier molecular flexibility index (Phi) is 4.15. The summed E-state index contributed by atoms with van der Waals surface area (Å²) in [6.45, 7) is 7.02. The zero-order valence-corrected chi connectivity index (χ0v) is 12.1. The maximum Gasteiger partial charge on any atom is 0.0971 e. The van der Waals surface area contributed by atoms with Gasteiger partial charge in [0, 0.05) is 23.8 Å². The van der Waals surface area contributed by atoms with Gasteiger partial charge in [0.05, 0.1) is 10.7 Å². The molecule has 2 aromatic rings. The van der Waals surface area contributed by atoms with Crippen molar-refractivity contribution in [3.8, 4) is 0 Å². The van der Waals surface area contributed by atoms with E-state index in [0.29, 0.717) is 12.5 Å². The molecule has 2 nitrogen and oxygen atoms in total. The Hall–Kier alpha value is -1.19. The summed E-state index contributed by atoms with van der Waals surface area (Å²) >= 11 is 1.80. The number of nitrogens with zero attached hydrogens (tertiary/aromatic N) is 1.